The van der Waals surface area contributed by atoms with E-state index in [1.165, 1.54) is 30.0 Å². The van der Waals surface area contributed by atoms with Crippen LogP contribution < -0.4 is 0 Å². The molecule has 0 aliphatic carbocycles. The summed E-state index contributed by atoms with van der Waals surface area (Å²) in [5.74, 6) is 0. The molecule has 0 fully saturated rings. The Balaban J connectivity index is 2.00. The second kappa shape index (κ2) is 5.28. The van der Waals surface area contributed by atoms with Gasteiger partial charge in [-0.05, 0) is 37.3 Å². The maximum absolute atomic E-state index is 2.29. The molecule has 0 unspecified atom stereocenters. The topological polar surface area (TPSA) is 0 Å². The fourth-order valence-corrected chi connectivity index (χ4v) is 6.57. The molecule has 2 heteroatoms. The molecule has 3 aromatic carbocycles. The summed E-state index contributed by atoms with van der Waals surface area (Å²) in [7, 11) is 0.00968. The summed E-state index contributed by atoms with van der Waals surface area (Å²) in [4.78, 5) is 7.13. The van der Waals surface area contributed by atoms with Crippen LogP contribution in [0.3, 0.4) is 0 Å². The van der Waals surface area contributed by atoms with Gasteiger partial charge in [0.2, 0.25) is 0 Å². The van der Waals surface area contributed by atoms with Crippen molar-refractivity contribution in [3.05, 3.63) is 78.4 Å². The van der Waals surface area contributed by atoms with Gasteiger partial charge in [0.15, 0.2) is 14.7 Å². The maximum atomic E-state index is 2.29. The fourth-order valence-electron chi connectivity index (χ4n) is 2.67. The van der Waals surface area contributed by atoms with E-state index in [1.54, 1.807) is 0 Å². The quantitative estimate of drug-likeness (QED) is 0.415. The average Bonchev–Trinajstić information content (AvgIpc) is 2.53. The zero-order chi connectivity index (χ0) is 14.2. The molecule has 102 valence electrons. The Morgan fingerprint density at radius 2 is 1.10 bits per heavy atom. The summed E-state index contributed by atoms with van der Waals surface area (Å²) >= 11 is 1.89. The first kappa shape index (κ1) is 13.1. The number of hydrogen-bond donors (Lipinski definition) is 0. The summed E-state index contributed by atoms with van der Waals surface area (Å²) in [6, 6.07) is 26.4. The van der Waals surface area contributed by atoms with Crippen LogP contribution in [0.5, 0.6) is 0 Å². The lowest BCUT2D eigenvalue weighted by Crippen LogP contribution is -2.11. The molecule has 0 radical (unpaired) electrons. The van der Waals surface area contributed by atoms with Crippen LogP contribution in [0.4, 0.5) is 0 Å². The number of rotatable bonds is 1. The lowest BCUT2D eigenvalue weighted by molar-refractivity contribution is 1.11. The van der Waals surface area contributed by atoms with Crippen LogP contribution in [-0.2, 0) is 10.9 Å². The molecule has 0 N–H and O–H groups in total. The van der Waals surface area contributed by atoms with Crippen LogP contribution in [0, 0.1) is 6.92 Å². The van der Waals surface area contributed by atoms with Crippen LogP contribution in [0.15, 0.2) is 97.3 Å². The molecule has 0 saturated heterocycles. The van der Waals surface area contributed by atoms with Gasteiger partial charge in [-0.2, -0.15) is 0 Å². The van der Waals surface area contributed by atoms with Gasteiger partial charge in [0.1, 0.15) is 10.9 Å². The minimum atomic E-state index is 0.00968. The second-order valence-electron chi connectivity index (χ2n) is 5.07. The summed E-state index contributed by atoms with van der Waals surface area (Å²) in [5.41, 5.74) is 1.37. The second-order valence-corrected chi connectivity index (χ2v) is 8.08. The Morgan fingerprint density at radius 1 is 0.619 bits per heavy atom. The highest BCUT2D eigenvalue weighted by atomic mass is 32.2. The first-order chi connectivity index (χ1) is 10.3. The normalized spacial score (nSPS) is 13.6. The van der Waals surface area contributed by atoms with Gasteiger partial charge in [-0.15, -0.1) is 0 Å². The summed E-state index contributed by atoms with van der Waals surface area (Å²) < 4.78 is 0. The molecule has 0 amide bonds. The minimum absolute atomic E-state index is 0.00968. The molecule has 21 heavy (non-hydrogen) atoms. The minimum Gasteiger partial charge on any atom is -0.0795 e. The van der Waals surface area contributed by atoms with E-state index < -0.39 is 0 Å². The van der Waals surface area contributed by atoms with Crippen molar-refractivity contribution in [1.82, 2.24) is 0 Å². The van der Waals surface area contributed by atoms with Crippen LogP contribution in [-0.4, -0.2) is 0 Å². The highest BCUT2D eigenvalue weighted by molar-refractivity contribution is 8.04. The molecule has 0 spiro atoms. The third-order valence-electron chi connectivity index (χ3n) is 3.67. The first-order valence-corrected chi connectivity index (χ1v) is 9.04. The highest BCUT2D eigenvalue weighted by Crippen LogP contribution is 2.48. The van der Waals surface area contributed by atoms with Gasteiger partial charge in [0, 0.05) is 5.56 Å². The summed E-state index contributed by atoms with van der Waals surface area (Å²) in [6.07, 6.45) is 0. The molecule has 1 aliphatic heterocycles. The average molecular weight is 307 g/mol. The number of aryl methyl sites for hydroxylation is 1. The standard InChI is InChI=1S/C19H15S2/c1-14-8-2-5-11-17(14)21-18-12-6-3-9-15(18)20-16-10-4-7-13-19(16)21/h2-13H,1H3/q+1. The van der Waals surface area contributed by atoms with E-state index >= 15 is 0 Å². The molecular weight excluding hydrogens is 292 g/mol. The van der Waals surface area contributed by atoms with Crippen LogP contribution in [0.25, 0.3) is 0 Å². The van der Waals surface area contributed by atoms with Crippen molar-refractivity contribution in [2.24, 2.45) is 0 Å². The van der Waals surface area contributed by atoms with Gasteiger partial charge in [0.25, 0.3) is 0 Å². The zero-order valence-corrected chi connectivity index (χ0v) is 13.4. The number of hydrogen-bond acceptors (Lipinski definition) is 1. The van der Waals surface area contributed by atoms with Crippen molar-refractivity contribution in [3.8, 4) is 0 Å². The third-order valence-corrected chi connectivity index (χ3v) is 7.57. The van der Waals surface area contributed by atoms with Gasteiger partial charge < -0.3 is 0 Å². The van der Waals surface area contributed by atoms with Gasteiger partial charge >= 0.3 is 0 Å². The van der Waals surface area contributed by atoms with Gasteiger partial charge in [0.05, 0.1) is 9.79 Å². The Hall–Kier alpha value is -1.64. The predicted octanol–water partition coefficient (Wildman–Crippen LogP) is 5.56. The Bertz CT molecular complexity index is 747. The Labute approximate surface area is 132 Å². The van der Waals surface area contributed by atoms with Crippen molar-refractivity contribution in [3.63, 3.8) is 0 Å². The largest absolute Gasteiger partial charge is 0.180 e. The molecule has 0 nitrogen and oxygen atoms in total. The van der Waals surface area contributed by atoms with Crippen LogP contribution >= 0.6 is 11.8 Å². The smallest absolute Gasteiger partial charge is 0.0795 e. The molecule has 1 heterocycles. The molecule has 0 aromatic heterocycles. The fraction of sp³-hybridized carbons (Fsp3) is 0.0526. The SMILES string of the molecule is Cc1ccccc1[S+]1c2ccccc2Sc2ccccc21. The molecule has 0 saturated carbocycles. The summed E-state index contributed by atoms with van der Waals surface area (Å²) in [5, 5.41) is 0. The van der Waals surface area contributed by atoms with E-state index in [0.29, 0.717) is 0 Å². The lowest BCUT2D eigenvalue weighted by atomic mass is 10.2. The summed E-state index contributed by atoms with van der Waals surface area (Å²) in [6.45, 7) is 2.22. The van der Waals surface area contributed by atoms with Crippen LogP contribution in [0.1, 0.15) is 5.56 Å². The van der Waals surface area contributed by atoms with E-state index in [-0.39, 0.29) is 10.9 Å². The van der Waals surface area contributed by atoms with Crippen molar-refractivity contribution >= 4 is 22.7 Å². The molecule has 0 atom stereocenters. The van der Waals surface area contributed by atoms with E-state index in [1.807, 2.05) is 11.8 Å². The van der Waals surface area contributed by atoms with Crippen molar-refractivity contribution < 1.29 is 0 Å². The molecular formula is C19H15S2+. The monoisotopic (exact) mass is 307 g/mol. The van der Waals surface area contributed by atoms with E-state index in [4.69, 9.17) is 0 Å². The molecule has 3 aromatic rings. The number of fused-ring (bicyclic) bond motifs is 2. The van der Waals surface area contributed by atoms with Gasteiger partial charge in [-0.25, -0.2) is 0 Å². The Kier molecular flexibility index (Phi) is 3.28. The van der Waals surface area contributed by atoms with E-state index in [2.05, 4.69) is 79.7 Å². The van der Waals surface area contributed by atoms with Crippen molar-refractivity contribution in [2.75, 3.05) is 0 Å². The first-order valence-electron chi connectivity index (χ1n) is 7.00. The molecule has 0 bridgehead atoms. The van der Waals surface area contributed by atoms with Gasteiger partial charge in [-0.3, -0.25) is 0 Å². The van der Waals surface area contributed by atoms with E-state index in [9.17, 15) is 0 Å². The lowest BCUT2D eigenvalue weighted by Gasteiger charge is -2.19. The van der Waals surface area contributed by atoms with Crippen molar-refractivity contribution in [1.29, 1.82) is 0 Å². The third kappa shape index (κ3) is 2.19. The predicted molar refractivity (Wildman–Crippen MR) is 90.3 cm³/mol. The van der Waals surface area contributed by atoms with Crippen molar-refractivity contribution in [2.45, 2.75) is 31.4 Å². The van der Waals surface area contributed by atoms with Gasteiger partial charge in [-0.1, -0.05) is 54.2 Å². The zero-order valence-electron chi connectivity index (χ0n) is 11.7. The number of benzene rings is 3. The maximum Gasteiger partial charge on any atom is 0.180 e. The van der Waals surface area contributed by atoms with Crippen LogP contribution in [0.2, 0.25) is 0 Å². The highest BCUT2D eigenvalue weighted by Gasteiger charge is 2.38. The molecule has 1 aliphatic rings. The Morgan fingerprint density at radius 3 is 1.67 bits per heavy atom. The molecule has 4 rings (SSSR count). The van der Waals surface area contributed by atoms with E-state index in [0.717, 1.165) is 0 Å².